The number of nitrogens with zero attached hydrogens (tertiary/aromatic N) is 2. The van der Waals surface area contributed by atoms with E-state index in [2.05, 4.69) is 15.0 Å². The smallest absolute Gasteiger partial charge is 0.346 e. The molecule has 156 valence electrons. The number of sulfone groups is 1. The molecule has 0 saturated carbocycles. The van der Waals surface area contributed by atoms with Crippen molar-refractivity contribution in [2.45, 2.75) is 11.3 Å². The quantitative estimate of drug-likeness (QED) is 0.391. The van der Waals surface area contributed by atoms with Crippen molar-refractivity contribution >= 4 is 43.8 Å². The van der Waals surface area contributed by atoms with Crippen LogP contribution in [0.4, 0.5) is 17.6 Å². The highest BCUT2D eigenvalue weighted by Gasteiger charge is 2.45. The Bertz CT molecular complexity index is 1360. The Hall–Kier alpha value is -2.50. The molecule has 4 aromatic rings. The van der Waals surface area contributed by atoms with Gasteiger partial charge in [0.05, 0.1) is 28.2 Å². The lowest BCUT2D eigenvalue weighted by molar-refractivity contribution is -0.0437. The largest absolute Gasteiger partial charge is 0.497 e. The van der Waals surface area contributed by atoms with E-state index in [1.165, 1.54) is 12.1 Å². The predicted octanol–water partition coefficient (Wildman–Crippen LogP) is 5.58. The third-order valence-corrected chi connectivity index (χ3v) is 6.87. The number of halogens is 5. The van der Waals surface area contributed by atoms with Crippen molar-refractivity contribution in [1.82, 2.24) is 15.0 Å². The minimum atomic E-state index is -5.35. The Kier molecular flexibility index (Phi) is 5.07. The maximum absolute atomic E-state index is 14.4. The number of pyridine rings is 1. The predicted molar refractivity (Wildman–Crippen MR) is 106 cm³/mol. The summed E-state index contributed by atoms with van der Waals surface area (Å²) >= 11 is 7.33. The van der Waals surface area contributed by atoms with Crippen LogP contribution < -0.4 is 0 Å². The number of hydrogen-bond donors (Lipinski definition) is 1. The van der Waals surface area contributed by atoms with E-state index < -0.39 is 26.9 Å². The number of rotatable bonds is 4. The van der Waals surface area contributed by atoms with Gasteiger partial charge in [-0.05, 0) is 17.7 Å². The zero-order valence-electron chi connectivity index (χ0n) is 14.7. The third kappa shape index (κ3) is 3.68. The van der Waals surface area contributed by atoms with Crippen molar-refractivity contribution in [3.05, 3.63) is 58.4 Å². The molecular formula is C18H10ClF4N3O2S2. The van der Waals surface area contributed by atoms with Crippen LogP contribution in [0.25, 0.3) is 32.9 Å². The fourth-order valence-electron chi connectivity index (χ4n) is 2.87. The van der Waals surface area contributed by atoms with E-state index in [9.17, 15) is 26.0 Å². The van der Waals surface area contributed by atoms with Crippen molar-refractivity contribution in [1.29, 1.82) is 0 Å². The maximum atomic E-state index is 14.4. The van der Waals surface area contributed by atoms with Gasteiger partial charge in [0.1, 0.15) is 10.7 Å². The Labute approximate surface area is 176 Å². The molecule has 0 saturated heterocycles. The lowest BCUT2D eigenvalue weighted by atomic mass is 10.1. The molecule has 0 aliphatic carbocycles. The average Bonchev–Trinajstić information content (AvgIpc) is 3.30. The summed E-state index contributed by atoms with van der Waals surface area (Å²) < 4.78 is 74.8. The molecular weight excluding hydrogens is 466 g/mol. The molecule has 4 rings (SSSR count). The first-order chi connectivity index (χ1) is 14.1. The second-order valence-corrected chi connectivity index (χ2v) is 9.52. The van der Waals surface area contributed by atoms with Gasteiger partial charge in [-0.1, -0.05) is 23.7 Å². The van der Waals surface area contributed by atoms with E-state index in [1.54, 1.807) is 17.6 Å². The van der Waals surface area contributed by atoms with Crippen LogP contribution in [0.5, 0.6) is 0 Å². The van der Waals surface area contributed by atoms with E-state index in [1.807, 2.05) is 0 Å². The van der Waals surface area contributed by atoms with Gasteiger partial charge in [-0.15, -0.1) is 11.3 Å². The molecule has 3 heterocycles. The van der Waals surface area contributed by atoms with Gasteiger partial charge in [0.25, 0.3) is 9.84 Å². The summed E-state index contributed by atoms with van der Waals surface area (Å²) in [5.41, 5.74) is -3.93. The van der Waals surface area contributed by atoms with E-state index in [0.29, 0.717) is 27.3 Å². The van der Waals surface area contributed by atoms with Gasteiger partial charge in [-0.25, -0.2) is 22.8 Å². The van der Waals surface area contributed by atoms with Crippen molar-refractivity contribution in [3.63, 3.8) is 0 Å². The second-order valence-electron chi connectivity index (χ2n) is 6.28. The number of H-pyrrole nitrogens is 1. The molecule has 0 bridgehead atoms. The second kappa shape index (κ2) is 7.33. The molecule has 0 aliphatic rings. The van der Waals surface area contributed by atoms with Crippen LogP contribution in [-0.4, -0.2) is 28.9 Å². The molecule has 3 aromatic heterocycles. The van der Waals surface area contributed by atoms with Crippen LogP contribution in [0.3, 0.4) is 0 Å². The first-order valence-corrected chi connectivity index (χ1v) is 11.1. The number of aromatic amines is 1. The normalized spacial score (nSPS) is 12.6. The molecule has 1 N–H and O–H groups in total. The van der Waals surface area contributed by atoms with Gasteiger partial charge >= 0.3 is 5.51 Å². The minimum absolute atomic E-state index is 0.0312. The number of thiazole rings is 1. The number of alkyl halides is 3. The highest BCUT2D eigenvalue weighted by atomic mass is 35.5. The summed E-state index contributed by atoms with van der Waals surface area (Å²) in [6.45, 7) is 0. The number of nitrogens with one attached hydrogen (secondary N) is 1. The topological polar surface area (TPSA) is 75.7 Å². The Balaban J connectivity index is 1.69. The fourth-order valence-corrected chi connectivity index (χ4v) is 4.83. The molecule has 1 aromatic carbocycles. The Morgan fingerprint density at radius 2 is 1.97 bits per heavy atom. The van der Waals surface area contributed by atoms with E-state index >= 15 is 0 Å². The van der Waals surface area contributed by atoms with Crippen LogP contribution in [0.15, 0.2) is 42.0 Å². The third-order valence-electron chi connectivity index (χ3n) is 4.28. The lowest BCUT2D eigenvalue weighted by Crippen LogP contribution is -2.24. The zero-order valence-corrected chi connectivity index (χ0v) is 17.1. The van der Waals surface area contributed by atoms with Gasteiger partial charge < -0.3 is 4.98 Å². The van der Waals surface area contributed by atoms with Gasteiger partial charge in [-0.3, -0.25) is 0 Å². The van der Waals surface area contributed by atoms with Crippen LogP contribution in [0.2, 0.25) is 5.02 Å². The average molecular weight is 476 g/mol. The zero-order chi connectivity index (χ0) is 21.7. The van der Waals surface area contributed by atoms with Gasteiger partial charge in [0.2, 0.25) is 0 Å². The van der Waals surface area contributed by atoms with Crippen molar-refractivity contribution in [2.24, 2.45) is 0 Å². The molecule has 12 heteroatoms. The van der Waals surface area contributed by atoms with Crippen LogP contribution in [0.1, 0.15) is 5.56 Å². The van der Waals surface area contributed by atoms with Crippen molar-refractivity contribution in [3.8, 4) is 21.8 Å². The standard InChI is InChI=1S/C18H10ClF4N3O2S2/c19-12-5-9(8-30(27,28)18(21,22)23)1-2-10(12)14-7-29-17(26-14)15-11-3-4-24-16(11)25-6-13(15)20/h1-7H,8H2,(H,24,25). The van der Waals surface area contributed by atoms with E-state index in [0.717, 1.165) is 23.6 Å². The number of aromatic nitrogens is 3. The summed E-state index contributed by atoms with van der Waals surface area (Å²) in [5.74, 6) is -1.77. The van der Waals surface area contributed by atoms with Crippen LogP contribution >= 0.6 is 22.9 Å². The van der Waals surface area contributed by atoms with Crippen LogP contribution in [0, 0.1) is 5.82 Å². The highest BCUT2D eigenvalue weighted by molar-refractivity contribution is 7.91. The van der Waals surface area contributed by atoms with Crippen molar-refractivity contribution in [2.75, 3.05) is 0 Å². The van der Waals surface area contributed by atoms with Gasteiger partial charge in [0.15, 0.2) is 5.82 Å². The van der Waals surface area contributed by atoms with Gasteiger partial charge in [0, 0.05) is 22.5 Å². The molecule has 0 aliphatic heterocycles. The number of hydrogen-bond acceptors (Lipinski definition) is 5. The summed E-state index contributed by atoms with van der Waals surface area (Å²) in [5, 5.41) is 2.58. The number of benzene rings is 1. The van der Waals surface area contributed by atoms with Gasteiger partial charge in [-0.2, -0.15) is 13.2 Å². The Morgan fingerprint density at radius 3 is 2.67 bits per heavy atom. The number of fused-ring (bicyclic) bond motifs is 1. The lowest BCUT2D eigenvalue weighted by Gasteiger charge is -2.09. The summed E-state index contributed by atoms with van der Waals surface area (Å²) in [7, 11) is -5.32. The van der Waals surface area contributed by atoms with Crippen LogP contribution in [-0.2, 0) is 15.6 Å². The molecule has 0 amide bonds. The molecule has 0 unspecified atom stereocenters. The monoisotopic (exact) mass is 475 g/mol. The molecule has 5 nitrogen and oxygen atoms in total. The SMILES string of the molecule is O=S(=O)(Cc1ccc(-c2csc(-c3c(F)cnc4[nH]ccc34)n2)c(Cl)c1)C(F)(F)F. The first kappa shape index (κ1) is 20.8. The highest BCUT2D eigenvalue weighted by Crippen LogP contribution is 2.37. The Morgan fingerprint density at radius 1 is 1.20 bits per heavy atom. The molecule has 0 spiro atoms. The minimum Gasteiger partial charge on any atom is -0.346 e. The molecule has 0 radical (unpaired) electrons. The maximum Gasteiger partial charge on any atom is 0.497 e. The summed E-state index contributed by atoms with van der Waals surface area (Å²) in [6.07, 6.45) is 2.71. The first-order valence-electron chi connectivity index (χ1n) is 8.22. The van der Waals surface area contributed by atoms with Crippen molar-refractivity contribution < 1.29 is 26.0 Å². The summed E-state index contributed by atoms with van der Waals surface area (Å²) in [6, 6.07) is 5.44. The summed E-state index contributed by atoms with van der Waals surface area (Å²) in [4.78, 5) is 11.2. The van der Waals surface area contributed by atoms with E-state index in [-0.39, 0.29) is 16.1 Å². The molecule has 30 heavy (non-hydrogen) atoms. The fraction of sp³-hybridized carbons (Fsp3) is 0.111. The van der Waals surface area contributed by atoms with E-state index in [4.69, 9.17) is 11.6 Å². The molecule has 0 fully saturated rings. The molecule has 0 atom stereocenters.